The van der Waals surface area contributed by atoms with E-state index in [-0.39, 0.29) is 10.5 Å². The third-order valence-corrected chi connectivity index (χ3v) is 6.60. The summed E-state index contributed by atoms with van der Waals surface area (Å²) in [7, 11) is -2.05. The van der Waals surface area contributed by atoms with E-state index in [0.717, 1.165) is 12.5 Å². The van der Waals surface area contributed by atoms with Crippen LogP contribution in [0.5, 0.6) is 0 Å². The van der Waals surface area contributed by atoms with Crippen LogP contribution < -0.4 is 0 Å². The fourth-order valence-corrected chi connectivity index (χ4v) is 5.06. The summed E-state index contributed by atoms with van der Waals surface area (Å²) >= 11 is 2.95. The molecule has 0 aliphatic carbocycles. The van der Waals surface area contributed by atoms with Gasteiger partial charge in [0.25, 0.3) is 0 Å². The SMILES string of the molecule is CCC1CN(S(=O)(=O)c2c(F)cc(F)cc2Br)CCN1C. The lowest BCUT2D eigenvalue weighted by Gasteiger charge is -2.38. The van der Waals surface area contributed by atoms with Gasteiger partial charge in [-0.15, -0.1) is 0 Å². The maximum absolute atomic E-state index is 13.9. The highest BCUT2D eigenvalue weighted by atomic mass is 79.9. The Hall–Kier alpha value is -0.570. The van der Waals surface area contributed by atoms with Gasteiger partial charge in [0.05, 0.1) is 0 Å². The van der Waals surface area contributed by atoms with Gasteiger partial charge in [-0.1, -0.05) is 6.92 Å². The Balaban J connectivity index is 2.39. The van der Waals surface area contributed by atoms with Crippen molar-refractivity contribution in [2.75, 3.05) is 26.7 Å². The molecule has 0 amide bonds. The molecular weight excluding hydrogens is 366 g/mol. The summed E-state index contributed by atoms with van der Waals surface area (Å²) in [5.41, 5.74) is 0. The van der Waals surface area contributed by atoms with E-state index in [0.29, 0.717) is 25.7 Å². The summed E-state index contributed by atoms with van der Waals surface area (Å²) in [6.07, 6.45) is 0.801. The van der Waals surface area contributed by atoms with E-state index in [1.165, 1.54) is 4.31 Å². The number of hydrogen-bond acceptors (Lipinski definition) is 3. The lowest BCUT2D eigenvalue weighted by Crippen LogP contribution is -2.53. The molecule has 8 heteroatoms. The smallest absolute Gasteiger partial charge is 0.247 e. The molecule has 2 rings (SSSR count). The van der Waals surface area contributed by atoms with Crippen molar-refractivity contribution < 1.29 is 17.2 Å². The zero-order valence-corrected chi connectivity index (χ0v) is 14.2. The number of benzene rings is 1. The fraction of sp³-hybridized carbons (Fsp3) is 0.538. The second-order valence-electron chi connectivity index (χ2n) is 5.10. The fourth-order valence-electron chi connectivity index (χ4n) is 2.48. The number of piperazine rings is 1. The molecular formula is C13H17BrF2N2O2S. The Morgan fingerprint density at radius 3 is 2.57 bits per heavy atom. The van der Waals surface area contributed by atoms with Crippen LogP contribution in [0.25, 0.3) is 0 Å². The highest BCUT2D eigenvalue weighted by Gasteiger charge is 2.35. The average Bonchev–Trinajstić information content (AvgIpc) is 2.37. The molecule has 21 heavy (non-hydrogen) atoms. The normalized spacial score (nSPS) is 21.7. The Kier molecular flexibility index (Phi) is 5.02. The number of halogens is 3. The standard InChI is InChI=1S/C13H17BrF2N2O2S/c1-3-10-8-18(5-4-17(10)2)21(19,20)13-11(14)6-9(15)7-12(13)16/h6-7,10H,3-5,8H2,1-2H3. The van der Waals surface area contributed by atoms with Gasteiger partial charge >= 0.3 is 0 Å². The van der Waals surface area contributed by atoms with E-state index < -0.39 is 26.6 Å². The Labute approximate surface area is 131 Å². The van der Waals surface area contributed by atoms with Gasteiger partial charge in [0.15, 0.2) is 0 Å². The molecule has 1 aliphatic rings. The Morgan fingerprint density at radius 2 is 2.00 bits per heavy atom. The molecule has 1 unspecified atom stereocenters. The van der Waals surface area contributed by atoms with Gasteiger partial charge < -0.3 is 4.90 Å². The predicted octanol–water partition coefficient (Wildman–Crippen LogP) is 2.44. The van der Waals surface area contributed by atoms with Crippen LogP contribution in [0.3, 0.4) is 0 Å². The van der Waals surface area contributed by atoms with Gasteiger partial charge in [-0.3, -0.25) is 0 Å². The van der Waals surface area contributed by atoms with Crippen LogP contribution in [0.4, 0.5) is 8.78 Å². The van der Waals surface area contributed by atoms with Gasteiger partial charge in [0, 0.05) is 36.2 Å². The Morgan fingerprint density at radius 1 is 1.33 bits per heavy atom. The van der Waals surface area contributed by atoms with Crippen LogP contribution >= 0.6 is 15.9 Å². The van der Waals surface area contributed by atoms with Crippen molar-refractivity contribution in [3.8, 4) is 0 Å². The number of likely N-dealkylation sites (N-methyl/N-ethyl adjacent to an activating group) is 1. The number of nitrogens with zero attached hydrogens (tertiary/aromatic N) is 2. The van der Waals surface area contributed by atoms with Crippen molar-refractivity contribution >= 4 is 26.0 Å². The van der Waals surface area contributed by atoms with E-state index in [4.69, 9.17) is 0 Å². The minimum atomic E-state index is -3.99. The molecule has 1 atom stereocenters. The molecule has 4 nitrogen and oxygen atoms in total. The molecule has 0 bridgehead atoms. The largest absolute Gasteiger partial charge is 0.301 e. The summed E-state index contributed by atoms with van der Waals surface area (Å²) in [6, 6.07) is 1.64. The van der Waals surface area contributed by atoms with Crippen molar-refractivity contribution in [3.63, 3.8) is 0 Å². The van der Waals surface area contributed by atoms with Crippen molar-refractivity contribution in [1.29, 1.82) is 0 Å². The highest BCUT2D eigenvalue weighted by Crippen LogP contribution is 2.30. The van der Waals surface area contributed by atoms with E-state index in [2.05, 4.69) is 20.8 Å². The minimum absolute atomic E-state index is 0.0908. The molecule has 118 valence electrons. The van der Waals surface area contributed by atoms with Crippen LogP contribution in [-0.2, 0) is 10.0 Å². The molecule has 1 fully saturated rings. The molecule has 0 spiro atoms. The molecule has 1 aromatic rings. The lowest BCUT2D eigenvalue weighted by molar-refractivity contribution is 0.144. The second kappa shape index (κ2) is 6.28. The van der Waals surface area contributed by atoms with Gasteiger partial charge in [0.2, 0.25) is 10.0 Å². The summed E-state index contributed by atoms with van der Waals surface area (Å²) in [5, 5.41) is 0. The maximum Gasteiger partial charge on any atom is 0.247 e. The Bertz CT molecular complexity index is 616. The van der Waals surface area contributed by atoms with Crippen LogP contribution in [0, 0.1) is 11.6 Å². The molecule has 0 aromatic heterocycles. The first-order valence-electron chi connectivity index (χ1n) is 6.62. The first-order chi connectivity index (χ1) is 9.77. The van der Waals surface area contributed by atoms with Gasteiger partial charge in [-0.05, 0) is 35.5 Å². The van der Waals surface area contributed by atoms with Crippen molar-refractivity contribution in [3.05, 3.63) is 28.2 Å². The van der Waals surface area contributed by atoms with Crippen molar-refractivity contribution in [2.24, 2.45) is 0 Å². The minimum Gasteiger partial charge on any atom is -0.301 e. The monoisotopic (exact) mass is 382 g/mol. The average molecular weight is 383 g/mol. The van der Waals surface area contributed by atoms with Crippen LogP contribution in [-0.4, -0.2) is 50.3 Å². The molecule has 1 aromatic carbocycles. The molecule has 0 N–H and O–H groups in total. The first-order valence-corrected chi connectivity index (χ1v) is 8.85. The third-order valence-electron chi connectivity index (χ3n) is 3.77. The second-order valence-corrected chi connectivity index (χ2v) is 7.83. The third kappa shape index (κ3) is 3.28. The predicted molar refractivity (Wildman–Crippen MR) is 79.5 cm³/mol. The molecule has 0 radical (unpaired) electrons. The van der Waals surface area contributed by atoms with Crippen LogP contribution in [0.15, 0.2) is 21.5 Å². The molecule has 1 saturated heterocycles. The van der Waals surface area contributed by atoms with Crippen LogP contribution in [0.2, 0.25) is 0 Å². The van der Waals surface area contributed by atoms with Crippen LogP contribution in [0.1, 0.15) is 13.3 Å². The van der Waals surface area contributed by atoms with Crippen molar-refractivity contribution in [2.45, 2.75) is 24.3 Å². The van der Waals surface area contributed by atoms with E-state index in [9.17, 15) is 17.2 Å². The van der Waals surface area contributed by atoms with Gasteiger partial charge in [-0.2, -0.15) is 4.31 Å². The van der Waals surface area contributed by atoms with E-state index in [1.54, 1.807) is 0 Å². The van der Waals surface area contributed by atoms with E-state index in [1.807, 2.05) is 14.0 Å². The number of hydrogen-bond donors (Lipinski definition) is 0. The quantitative estimate of drug-likeness (QED) is 0.805. The lowest BCUT2D eigenvalue weighted by atomic mass is 10.1. The molecule has 1 aliphatic heterocycles. The molecule has 0 saturated carbocycles. The van der Waals surface area contributed by atoms with Gasteiger partial charge in [-0.25, -0.2) is 17.2 Å². The number of sulfonamides is 1. The number of rotatable bonds is 3. The summed E-state index contributed by atoms with van der Waals surface area (Å²) in [4.78, 5) is 1.59. The zero-order valence-electron chi connectivity index (χ0n) is 11.8. The summed E-state index contributed by atoms with van der Waals surface area (Å²) in [5.74, 6) is -1.89. The zero-order chi connectivity index (χ0) is 15.8. The van der Waals surface area contributed by atoms with E-state index >= 15 is 0 Å². The van der Waals surface area contributed by atoms with Gasteiger partial charge in [0.1, 0.15) is 16.5 Å². The maximum atomic E-state index is 13.9. The first kappa shape index (κ1) is 16.8. The molecule has 1 heterocycles. The summed E-state index contributed by atoms with van der Waals surface area (Å²) in [6.45, 7) is 3.15. The van der Waals surface area contributed by atoms with Crippen molar-refractivity contribution in [1.82, 2.24) is 9.21 Å². The highest BCUT2D eigenvalue weighted by molar-refractivity contribution is 9.10. The summed E-state index contributed by atoms with van der Waals surface area (Å²) < 4.78 is 53.5. The topological polar surface area (TPSA) is 40.6 Å².